The molecule has 0 spiro atoms. The van der Waals surface area contributed by atoms with Crippen molar-refractivity contribution in [1.29, 1.82) is 0 Å². The SMILES string of the molecule is CC(CC1CCCCN1C)NC(C)c1ncc(Cl)n1C. The number of imidazole rings is 1. The number of hydrogen-bond donors (Lipinski definition) is 1. The molecule has 1 aliphatic rings. The normalized spacial score (nSPS) is 23.8. The number of aromatic nitrogens is 2. The summed E-state index contributed by atoms with van der Waals surface area (Å²) in [6.07, 6.45) is 6.95. The maximum Gasteiger partial charge on any atom is 0.128 e. The Hall–Kier alpha value is -0.580. The fraction of sp³-hybridized carbons (Fsp3) is 0.800. The third-order valence-corrected chi connectivity index (χ3v) is 4.79. The van der Waals surface area contributed by atoms with Crippen molar-refractivity contribution < 1.29 is 0 Å². The van der Waals surface area contributed by atoms with E-state index in [2.05, 4.69) is 36.1 Å². The molecule has 1 fully saturated rings. The number of nitrogens with zero attached hydrogens (tertiary/aromatic N) is 3. The largest absolute Gasteiger partial charge is 0.321 e. The molecule has 1 aliphatic heterocycles. The highest BCUT2D eigenvalue weighted by Gasteiger charge is 2.22. The minimum Gasteiger partial charge on any atom is -0.321 e. The first kappa shape index (κ1) is 15.8. The standard InChI is InChI=1S/C15H27ClN4/c1-11(9-13-7-5-6-8-19(13)3)18-12(2)15-17-10-14(16)20(15)4/h10-13,18H,5-9H2,1-4H3. The molecule has 1 saturated heterocycles. The number of likely N-dealkylation sites (tertiary alicyclic amines) is 1. The van der Waals surface area contributed by atoms with E-state index in [-0.39, 0.29) is 6.04 Å². The zero-order valence-electron chi connectivity index (χ0n) is 13.1. The van der Waals surface area contributed by atoms with Gasteiger partial charge in [0.05, 0.1) is 12.2 Å². The molecule has 114 valence electrons. The second kappa shape index (κ2) is 6.92. The fourth-order valence-corrected chi connectivity index (χ4v) is 3.36. The monoisotopic (exact) mass is 298 g/mol. The van der Waals surface area contributed by atoms with E-state index in [1.165, 1.54) is 32.2 Å². The second-order valence-electron chi connectivity index (χ2n) is 6.15. The lowest BCUT2D eigenvalue weighted by Gasteiger charge is -2.35. The molecule has 1 aromatic heterocycles. The van der Waals surface area contributed by atoms with Gasteiger partial charge in [-0.1, -0.05) is 18.0 Å². The third-order valence-electron chi connectivity index (χ3n) is 4.44. The van der Waals surface area contributed by atoms with Crippen molar-refractivity contribution in [3.8, 4) is 0 Å². The van der Waals surface area contributed by atoms with Crippen molar-refractivity contribution >= 4 is 11.6 Å². The quantitative estimate of drug-likeness (QED) is 0.907. The lowest BCUT2D eigenvalue weighted by atomic mass is 9.97. The van der Waals surface area contributed by atoms with Crippen LogP contribution < -0.4 is 5.32 Å². The van der Waals surface area contributed by atoms with E-state index in [9.17, 15) is 0 Å². The molecule has 1 N–H and O–H groups in total. The molecule has 0 amide bonds. The van der Waals surface area contributed by atoms with Gasteiger partial charge in [-0.15, -0.1) is 0 Å². The van der Waals surface area contributed by atoms with Crippen LogP contribution in [0.1, 0.15) is 51.4 Å². The molecular weight excluding hydrogens is 272 g/mol. The van der Waals surface area contributed by atoms with Gasteiger partial charge in [0.25, 0.3) is 0 Å². The summed E-state index contributed by atoms with van der Waals surface area (Å²) < 4.78 is 1.94. The Balaban J connectivity index is 1.87. The molecule has 0 aromatic carbocycles. The summed E-state index contributed by atoms with van der Waals surface area (Å²) in [5, 5.41) is 4.34. The predicted molar refractivity (Wildman–Crippen MR) is 84.1 cm³/mol. The lowest BCUT2D eigenvalue weighted by Crippen LogP contribution is -2.41. The minimum atomic E-state index is 0.219. The number of nitrogens with one attached hydrogen (secondary N) is 1. The molecule has 0 saturated carbocycles. The van der Waals surface area contributed by atoms with Crippen LogP contribution in [0.2, 0.25) is 5.15 Å². The summed E-state index contributed by atoms with van der Waals surface area (Å²) in [6, 6.07) is 1.41. The lowest BCUT2D eigenvalue weighted by molar-refractivity contribution is 0.163. The van der Waals surface area contributed by atoms with E-state index in [4.69, 9.17) is 11.6 Å². The maximum absolute atomic E-state index is 6.05. The number of rotatable bonds is 5. The summed E-state index contributed by atoms with van der Waals surface area (Å²) in [6.45, 7) is 5.66. The molecule has 4 nitrogen and oxygen atoms in total. The van der Waals surface area contributed by atoms with Gasteiger partial charge in [-0.25, -0.2) is 4.98 Å². The summed E-state index contributed by atoms with van der Waals surface area (Å²) in [7, 11) is 4.21. The Bertz CT molecular complexity index is 432. The van der Waals surface area contributed by atoms with E-state index < -0.39 is 0 Å². The first-order valence-corrected chi connectivity index (χ1v) is 8.00. The average Bonchev–Trinajstić information content (AvgIpc) is 2.73. The van der Waals surface area contributed by atoms with Crippen molar-refractivity contribution in [2.24, 2.45) is 7.05 Å². The fourth-order valence-electron chi connectivity index (χ4n) is 3.22. The maximum atomic E-state index is 6.05. The summed E-state index contributed by atoms with van der Waals surface area (Å²) in [5.41, 5.74) is 0. The molecule has 2 heterocycles. The predicted octanol–water partition coefficient (Wildman–Crippen LogP) is 2.99. The molecule has 2 rings (SSSR count). The van der Waals surface area contributed by atoms with Crippen LogP contribution in [0.25, 0.3) is 0 Å². The van der Waals surface area contributed by atoms with Gasteiger partial charge < -0.3 is 14.8 Å². The van der Waals surface area contributed by atoms with Crippen molar-refractivity contribution in [1.82, 2.24) is 19.8 Å². The molecular formula is C15H27ClN4. The van der Waals surface area contributed by atoms with Crippen LogP contribution in [0.3, 0.4) is 0 Å². The Labute approximate surface area is 127 Å². The average molecular weight is 299 g/mol. The van der Waals surface area contributed by atoms with Gasteiger partial charge in [-0.2, -0.15) is 0 Å². The van der Waals surface area contributed by atoms with Crippen LogP contribution in [0, 0.1) is 0 Å². The van der Waals surface area contributed by atoms with Gasteiger partial charge >= 0.3 is 0 Å². The second-order valence-corrected chi connectivity index (χ2v) is 6.54. The van der Waals surface area contributed by atoms with E-state index in [1.54, 1.807) is 6.20 Å². The number of piperidine rings is 1. The molecule has 3 atom stereocenters. The summed E-state index contributed by atoms with van der Waals surface area (Å²) >= 11 is 6.05. The molecule has 0 aliphatic carbocycles. The highest BCUT2D eigenvalue weighted by atomic mass is 35.5. The van der Waals surface area contributed by atoms with Gasteiger partial charge in [-0.3, -0.25) is 0 Å². The summed E-state index contributed by atoms with van der Waals surface area (Å²) in [4.78, 5) is 6.89. The van der Waals surface area contributed by atoms with E-state index in [0.29, 0.717) is 17.2 Å². The molecule has 5 heteroatoms. The van der Waals surface area contributed by atoms with Gasteiger partial charge in [-0.05, 0) is 46.7 Å². The molecule has 0 bridgehead atoms. The number of hydrogen-bond acceptors (Lipinski definition) is 3. The van der Waals surface area contributed by atoms with Crippen molar-refractivity contribution in [2.75, 3.05) is 13.6 Å². The van der Waals surface area contributed by atoms with E-state index in [1.807, 2.05) is 11.6 Å². The molecule has 1 aromatic rings. The Morgan fingerprint density at radius 1 is 1.40 bits per heavy atom. The van der Waals surface area contributed by atoms with Gasteiger partial charge in [0.15, 0.2) is 0 Å². The van der Waals surface area contributed by atoms with Crippen LogP contribution in [0.15, 0.2) is 6.20 Å². The number of halogens is 1. The Morgan fingerprint density at radius 2 is 2.15 bits per heavy atom. The Morgan fingerprint density at radius 3 is 2.75 bits per heavy atom. The topological polar surface area (TPSA) is 33.1 Å². The smallest absolute Gasteiger partial charge is 0.128 e. The molecule has 20 heavy (non-hydrogen) atoms. The van der Waals surface area contributed by atoms with Gasteiger partial charge in [0.2, 0.25) is 0 Å². The Kier molecular flexibility index (Phi) is 5.47. The van der Waals surface area contributed by atoms with Gasteiger partial charge in [0.1, 0.15) is 11.0 Å². The van der Waals surface area contributed by atoms with Gasteiger partial charge in [0, 0.05) is 19.1 Å². The van der Waals surface area contributed by atoms with Crippen LogP contribution in [-0.4, -0.2) is 40.1 Å². The van der Waals surface area contributed by atoms with Crippen LogP contribution in [0.5, 0.6) is 0 Å². The van der Waals surface area contributed by atoms with Crippen molar-refractivity contribution in [3.63, 3.8) is 0 Å². The van der Waals surface area contributed by atoms with Crippen molar-refractivity contribution in [2.45, 2.75) is 57.7 Å². The zero-order valence-corrected chi connectivity index (χ0v) is 13.8. The van der Waals surface area contributed by atoms with E-state index in [0.717, 1.165) is 5.82 Å². The summed E-state index contributed by atoms with van der Waals surface area (Å²) in [5.74, 6) is 0.999. The molecule has 3 unspecified atom stereocenters. The first-order valence-electron chi connectivity index (χ1n) is 7.62. The first-order chi connectivity index (χ1) is 9.49. The highest BCUT2D eigenvalue weighted by Crippen LogP contribution is 2.21. The van der Waals surface area contributed by atoms with Crippen LogP contribution >= 0.6 is 11.6 Å². The van der Waals surface area contributed by atoms with Crippen LogP contribution in [-0.2, 0) is 7.05 Å². The zero-order chi connectivity index (χ0) is 14.7. The third kappa shape index (κ3) is 3.74. The van der Waals surface area contributed by atoms with Crippen LogP contribution in [0.4, 0.5) is 0 Å². The van der Waals surface area contributed by atoms with Crippen molar-refractivity contribution in [3.05, 3.63) is 17.2 Å². The molecule has 0 radical (unpaired) electrons. The van der Waals surface area contributed by atoms with E-state index >= 15 is 0 Å². The highest BCUT2D eigenvalue weighted by molar-refractivity contribution is 6.29. The minimum absolute atomic E-state index is 0.219.